The molecule has 0 saturated carbocycles. The number of nitriles is 1. The predicted molar refractivity (Wildman–Crippen MR) is 83.9 cm³/mol. The summed E-state index contributed by atoms with van der Waals surface area (Å²) in [5.74, 6) is 2.11. The number of rotatable bonds is 8. The molecule has 0 heterocycles. The summed E-state index contributed by atoms with van der Waals surface area (Å²) in [5.41, 5.74) is 1.11. The van der Waals surface area contributed by atoms with Crippen molar-refractivity contribution in [3.05, 3.63) is 24.3 Å². The van der Waals surface area contributed by atoms with Gasteiger partial charge < -0.3 is 10.1 Å². The highest BCUT2D eigenvalue weighted by atomic mass is 16.5. The van der Waals surface area contributed by atoms with E-state index in [-0.39, 0.29) is 6.61 Å². The van der Waals surface area contributed by atoms with Crippen molar-refractivity contribution in [2.24, 2.45) is 11.8 Å². The number of hydrogen-bond donors (Lipinski definition) is 1. The van der Waals surface area contributed by atoms with Crippen LogP contribution in [-0.2, 0) is 0 Å². The van der Waals surface area contributed by atoms with Crippen LogP contribution in [0, 0.1) is 23.2 Å². The van der Waals surface area contributed by atoms with E-state index < -0.39 is 0 Å². The molecule has 1 aromatic carbocycles. The lowest BCUT2D eigenvalue weighted by atomic mass is 9.95. The van der Waals surface area contributed by atoms with Gasteiger partial charge in [-0.15, -0.1) is 0 Å². The Hall–Kier alpha value is -1.69. The predicted octanol–water partition coefficient (Wildman–Crippen LogP) is 4.46. The van der Waals surface area contributed by atoms with Crippen molar-refractivity contribution < 1.29 is 4.74 Å². The Morgan fingerprint density at radius 2 is 1.60 bits per heavy atom. The first kappa shape index (κ1) is 16.4. The van der Waals surface area contributed by atoms with Crippen LogP contribution in [0.3, 0.4) is 0 Å². The molecule has 20 heavy (non-hydrogen) atoms. The van der Waals surface area contributed by atoms with Gasteiger partial charge in [0.25, 0.3) is 0 Å². The molecular formula is C17H26N2O. The van der Waals surface area contributed by atoms with Crippen molar-refractivity contribution >= 4 is 5.69 Å². The summed E-state index contributed by atoms with van der Waals surface area (Å²) >= 11 is 0. The zero-order chi connectivity index (χ0) is 15.0. The molecule has 0 amide bonds. The summed E-state index contributed by atoms with van der Waals surface area (Å²) in [6.07, 6.45) is 2.34. The van der Waals surface area contributed by atoms with Crippen molar-refractivity contribution in [3.8, 4) is 11.8 Å². The molecule has 3 heteroatoms. The second kappa shape index (κ2) is 8.47. The molecule has 1 rings (SSSR count). The molecule has 1 N–H and O–H groups in total. The van der Waals surface area contributed by atoms with Crippen molar-refractivity contribution in [1.82, 2.24) is 0 Å². The van der Waals surface area contributed by atoms with Gasteiger partial charge >= 0.3 is 0 Å². The normalized spacial score (nSPS) is 10.9. The van der Waals surface area contributed by atoms with Gasteiger partial charge in [-0.1, -0.05) is 27.7 Å². The minimum Gasteiger partial charge on any atom is -0.479 e. The Morgan fingerprint density at radius 3 is 2.05 bits per heavy atom. The Morgan fingerprint density at radius 1 is 1.05 bits per heavy atom. The highest BCUT2D eigenvalue weighted by Gasteiger charge is 2.12. The molecule has 0 bridgehead atoms. The van der Waals surface area contributed by atoms with Crippen LogP contribution in [0.5, 0.6) is 5.75 Å². The van der Waals surface area contributed by atoms with E-state index in [1.54, 1.807) is 0 Å². The van der Waals surface area contributed by atoms with E-state index in [1.165, 1.54) is 12.8 Å². The Kier molecular flexibility index (Phi) is 6.93. The second-order valence-electron chi connectivity index (χ2n) is 6.07. The molecule has 0 aromatic heterocycles. The van der Waals surface area contributed by atoms with Crippen molar-refractivity contribution in [1.29, 1.82) is 5.26 Å². The monoisotopic (exact) mass is 274 g/mol. The minimum atomic E-state index is 0.0934. The third-order valence-corrected chi connectivity index (χ3v) is 3.04. The average Bonchev–Trinajstić information content (AvgIpc) is 2.36. The Labute approximate surface area is 123 Å². The van der Waals surface area contributed by atoms with Gasteiger partial charge in [0.05, 0.1) is 0 Å². The maximum atomic E-state index is 8.48. The second-order valence-corrected chi connectivity index (χ2v) is 6.07. The molecule has 0 atom stereocenters. The van der Waals surface area contributed by atoms with Gasteiger partial charge in [-0.3, -0.25) is 0 Å². The Bertz CT molecular complexity index is 408. The van der Waals surface area contributed by atoms with Crippen LogP contribution in [0.15, 0.2) is 24.3 Å². The standard InChI is InChI=1S/C17H26N2O/c1-13(2)11-16(12-14(3)4)19-15-5-7-17(8-6-15)20-10-9-18/h5-8,13-14,16,19H,10-12H2,1-4H3. The molecule has 0 spiro atoms. The molecule has 0 unspecified atom stereocenters. The van der Waals surface area contributed by atoms with E-state index >= 15 is 0 Å². The van der Waals surface area contributed by atoms with E-state index in [0.29, 0.717) is 17.9 Å². The topological polar surface area (TPSA) is 45.0 Å². The number of ether oxygens (including phenoxy) is 1. The molecular weight excluding hydrogens is 248 g/mol. The quantitative estimate of drug-likeness (QED) is 0.761. The molecule has 0 saturated heterocycles. The summed E-state index contributed by atoms with van der Waals surface area (Å²) < 4.78 is 5.26. The number of anilines is 1. The highest BCUT2D eigenvalue weighted by Crippen LogP contribution is 2.21. The van der Waals surface area contributed by atoms with Gasteiger partial charge in [0.2, 0.25) is 0 Å². The lowest BCUT2D eigenvalue weighted by Gasteiger charge is -2.23. The zero-order valence-electron chi connectivity index (χ0n) is 13.0. The number of hydrogen-bond acceptors (Lipinski definition) is 3. The molecule has 0 aliphatic carbocycles. The molecule has 3 nitrogen and oxygen atoms in total. The zero-order valence-corrected chi connectivity index (χ0v) is 13.0. The summed E-state index contributed by atoms with van der Waals surface area (Å²) in [6.45, 7) is 9.12. The van der Waals surface area contributed by atoms with Crippen LogP contribution in [0.4, 0.5) is 5.69 Å². The number of nitrogens with zero attached hydrogens (tertiary/aromatic N) is 1. The number of benzene rings is 1. The molecule has 0 aliphatic rings. The summed E-state index contributed by atoms with van der Waals surface area (Å²) in [6, 6.07) is 10.3. The van der Waals surface area contributed by atoms with E-state index in [0.717, 1.165) is 11.4 Å². The summed E-state index contributed by atoms with van der Waals surface area (Å²) in [4.78, 5) is 0. The van der Waals surface area contributed by atoms with Crippen LogP contribution < -0.4 is 10.1 Å². The summed E-state index contributed by atoms with van der Waals surface area (Å²) in [7, 11) is 0. The molecule has 0 aliphatic heterocycles. The van der Waals surface area contributed by atoms with Crippen molar-refractivity contribution in [2.45, 2.75) is 46.6 Å². The van der Waals surface area contributed by atoms with Crippen LogP contribution in [-0.4, -0.2) is 12.6 Å². The lowest BCUT2D eigenvalue weighted by Crippen LogP contribution is -2.23. The van der Waals surface area contributed by atoms with Gasteiger partial charge in [0, 0.05) is 11.7 Å². The first-order valence-electron chi connectivity index (χ1n) is 7.37. The fourth-order valence-electron chi connectivity index (χ4n) is 2.35. The van der Waals surface area contributed by atoms with Gasteiger partial charge in [0.15, 0.2) is 6.61 Å². The smallest absolute Gasteiger partial charge is 0.174 e. The van der Waals surface area contributed by atoms with E-state index in [9.17, 15) is 0 Å². The van der Waals surface area contributed by atoms with Gasteiger partial charge in [-0.25, -0.2) is 0 Å². The van der Waals surface area contributed by atoms with E-state index in [4.69, 9.17) is 10.00 Å². The third kappa shape index (κ3) is 6.47. The van der Waals surface area contributed by atoms with Crippen LogP contribution in [0.25, 0.3) is 0 Å². The maximum absolute atomic E-state index is 8.48. The summed E-state index contributed by atoms with van der Waals surface area (Å²) in [5, 5.41) is 12.1. The van der Waals surface area contributed by atoms with Crippen molar-refractivity contribution in [2.75, 3.05) is 11.9 Å². The Balaban J connectivity index is 2.61. The van der Waals surface area contributed by atoms with E-state index in [1.807, 2.05) is 30.3 Å². The van der Waals surface area contributed by atoms with Gasteiger partial charge in [-0.2, -0.15) is 5.26 Å². The average molecular weight is 274 g/mol. The lowest BCUT2D eigenvalue weighted by molar-refractivity contribution is 0.368. The first-order valence-corrected chi connectivity index (χ1v) is 7.37. The van der Waals surface area contributed by atoms with Crippen LogP contribution in [0.2, 0.25) is 0 Å². The van der Waals surface area contributed by atoms with Crippen LogP contribution in [0.1, 0.15) is 40.5 Å². The highest BCUT2D eigenvalue weighted by molar-refractivity contribution is 5.47. The first-order chi connectivity index (χ1) is 9.51. The van der Waals surface area contributed by atoms with E-state index in [2.05, 4.69) is 33.0 Å². The molecule has 0 fully saturated rings. The van der Waals surface area contributed by atoms with Crippen molar-refractivity contribution in [3.63, 3.8) is 0 Å². The maximum Gasteiger partial charge on any atom is 0.174 e. The number of nitrogens with one attached hydrogen (secondary N) is 1. The molecule has 1 aromatic rings. The third-order valence-electron chi connectivity index (χ3n) is 3.04. The molecule has 0 radical (unpaired) electrons. The van der Waals surface area contributed by atoms with Gasteiger partial charge in [0.1, 0.15) is 11.8 Å². The minimum absolute atomic E-state index is 0.0934. The van der Waals surface area contributed by atoms with Gasteiger partial charge in [-0.05, 0) is 48.9 Å². The molecule has 110 valence electrons. The fraction of sp³-hybridized carbons (Fsp3) is 0.588. The largest absolute Gasteiger partial charge is 0.479 e. The fourth-order valence-corrected chi connectivity index (χ4v) is 2.35. The van der Waals surface area contributed by atoms with Crippen LogP contribution >= 0.6 is 0 Å². The SMILES string of the molecule is CC(C)CC(CC(C)C)Nc1ccc(OCC#N)cc1.